The van der Waals surface area contributed by atoms with Crippen LogP contribution in [-0.4, -0.2) is 120 Å². The Bertz CT molecular complexity index is 2700. The molecular formula is C54H57Cl6N5O12. The minimum absolute atomic E-state index is 0.0418. The molecule has 4 aromatic rings. The van der Waals surface area contributed by atoms with E-state index in [-0.39, 0.29) is 38.8 Å². The van der Waals surface area contributed by atoms with Crippen LogP contribution in [0.5, 0.6) is 0 Å². The average Bonchev–Trinajstić information content (AvgIpc) is 4.27. The van der Waals surface area contributed by atoms with E-state index in [2.05, 4.69) is 26.6 Å². The van der Waals surface area contributed by atoms with E-state index in [1.807, 2.05) is 36.4 Å². The number of benzene rings is 4. The van der Waals surface area contributed by atoms with E-state index in [0.717, 1.165) is 10.8 Å². The maximum Gasteiger partial charge on any atom is 0.339 e. The predicted octanol–water partition coefficient (Wildman–Crippen LogP) is 6.95. The lowest BCUT2D eigenvalue weighted by Crippen LogP contribution is -2.54. The number of ether oxygens (including phenoxy) is 4. The SMILES string of the molecule is CNC(CCNC(=O)C1C2CC(OC(=O)c3cccc4ccccc34)C(C2)C1C(=O)NC(=O)C1C2CC(CC2OC(=O)c2cccc3ccccc23)C1C(=O)NCCC(NC)C(=O)OCC(Cl)(Cl)Cl)C(=O)OCC(Cl)(Cl)Cl. The van der Waals surface area contributed by atoms with Crippen LogP contribution >= 0.6 is 69.6 Å². The second-order valence-electron chi connectivity index (χ2n) is 20.0. The Hall–Kier alpha value is -4.98. The smallest absolute Gasteiger partial charge is 0.339 e. The van der Waals surface area contributed by atoms with Gasteiger partial charge in [-0.05, 0) is 98.1 Å². The number of hydrogen-bond acceptors (Lipinski definition) is 14. The van der Waals surface area contributed by atoms with Crippen molar-refractivity contribution in [1.82, 2.24) is 26.6 Å². The minimum Gasteiger partial charge on any atom is -0.460 e. The van der Waals surface area contributed by atoms with E-state index < -0.39 is 140 Å². The number of alkyl halides is 6. The molecule has 0 aromatic heterocycles. The van der Waals surface area contributed by atoms with Crippen LogP contribution in [0.4, 0.5) is 0 Å². The molecule has 4 aliphatic rings. The van der Waals surface area contributed by atoms with Crippen molar-refractivity contribution in [2.45, 2.75) is 70.4 Å². The molecule has 4 aliphatic carbocycles. The summed E-state index contributed by atoms with van der Waals surface area (Å²) in [6, 6.07) is 23.4. The van der Waals surface area contributed by atoms with Crippen LogP contribution in [0.15, 0.2) is 84.9 Å². The summed E-state index contributed by atoms with van der Waals surface area (Å²) >= 11 is 34.6. The first-order valence-electron chi connectivity index (χ1n) is 25.2. The Labute approximate surface area is 474 Å². The standard InChI is InChI=1S/C54H57Cl6N5O12/c1-61-37(51(72)74-25-53(55,56)57)17-19-63-45(66)41-29-21-35(39(23-29)76-49(70)33-15-7-11-27-9-3-5-13-31(27)33)43(41)47(68)65-48(69)44-36-22-30(24-40(36)77-50(71)34-16-8-12-28-10-4-6-14-32(28)34)42(44)46(67)64-20-18-38(62-2)52(73)75-26-54(58,59)60/h3-16,29-30,35-44,61-62H,17-26H2,1-2H3,(H,63,66)(H,64,67)(H,65,68,69). The van der Waals surface area contributed by atoms with Gasteiger partial charge in [0.25, 0.3) is 0 Å². The van der Waals surface area contributed by atoms with Gasteiger partial charge < -0.3 is 40.2 Å². The number of hydrogen-bond donors (Lipinski definition) is 5. The summed E-state index contributed by atoms with van der Waals surface area (Å²) in [7, 11) is 3.04. The molecule has 4 fully saturated rings. The lowest BCUT2D eigenvalue weighted by Gasteiger charge is -2.36. The predicted molar refractivity (Wildman–Crippen MR) is 289 cm³/mol. The van der Waals surface area contributed by atoms with Crippen LogP contribution < -0.4 is 26.6 Å². The van der Waals surface area contributed by atoms with Gasteiger partial charge in [0.05, 0.1) is 34.8 Å². The Morgan fingerprint density at radius 2 is 0.883 bits per heavy atom. The third-order valence-electron chi connectivity index (χ3n) is 15.4. The molecule has 4 bridgehead atoms. The largest absolute Gasteiger partial charge is 0.460 e. The van der Waals surface area contributed by atoms with E-state index in [4.69, 9.17) is 88.6 Å². The van der Waals surface area contributed by atoms with Crippen molar-refractivity contribution in [3.63, 3.8) is 0 Å². The fraction of sp³-hybridized carbons (Fsp3) is 0.481. The third-order valence-corrected chi connectivity index (χ3v) is 16.0. The molecule has 4 aromatic carbocycles. The topological polar surface area (TPSA) is 234 Å². The molecule has 0 saturated heterocycles. The van der Waals surface area contributed by atoms with Gasteiger partial charge in [-0.25, -0.2) is 9.59 Å². The van der Waals surface area contributed by atoms with Gasteiger partial charge >= 0.3 is 23.9 Å². The Balaban J connectivity index is 1.03. The molecule has 23 heteroatoms. The molecule has 0 heterocycles. The van der Waals surface area contributed by atoms with Crippen molar-refractivity contribution in [1.29, 1.82) is 0 Å². The number of likely N-dealkylation sites (N-methyl/N-ethyl adjacent to an activating group) is 2. The number of esters is 4. The van der Waals surface area contributed by atoms with E-state index in [1.165, 1.54) is 14.1 Å². The highest BCUT2D eigenvalue weighted by Gasteiger charge is 2.62. The molecule has 12 unspecified atom stereocenters. The summed E-state index contributed by atoms with van der Waals surface area (Å²) in [6.07, 6.45) is -0.426. The summed E-state index contributed by atoms with van der Waals surface area (Å²) < 4.78 is 18.9. The Morgan fingerprint density at radius 3 is 1.26 bits per heavy atom. The fourth-order valence-corrected chi connectivity index (χ4v) is 12.3. The molecular weight excluding hydrogens is 1120 g/mol. The highest BCUT2D eigenvalue weighted by molar-refractivity contribution is 6.68. The molecule has 0 aliphatic heterocycles. The number of carbonyl (C=O) groups excluding carboxylic acids is 8. The molecule has 8 rings (SSSR count). The summed E-state index contributed by atoms with van der Waals surface area (Å²) in [5.41, 5.74) is 0.640. The number of amides is 4. The number of fused-ring (bicyclic) bond motifs is 6. The summed E-state index contributed by atoms with van der Waals surface area (Å²) in [6.45, 7) is -1.09. The van der Waals surface area contributed by atoms with Gasteiger partial charge in [-0.3, -0.25) is 34.1 Å². The number of carbonyl (C=O) groups is 8. The highest BCUT2D eigenvalue weighted by Crippen LogP contribution is 2.56. The zero-order chi connectivity index (χ0) is 55.3. The van der Waals surface area contributed by atoms with Crippen LogP contribution in [-0.2, 0) is 47.7 Å². The van der Waals surface area contributed by atoms with Crippen molar-refractivity contribution >= 4 is 139 Å². The molecule has 17 nitrogen and oxygen atoms in total. The zero-order valence-corrected chi connectivity index (χ0v) is 46.3. The summed E-state index contributed by atoms with van der Waals surface area (Å²) in [5.74, 6) is -12.1. The Morgan fingerprint density at radius 1 is 0.506 bits per heavy atom. The van der Waals surface area contributed by atoms with Gasteiger partial charge in [0.2, 0.25) is 31.2 Å². The zero-order valence-electron chi connectivity index (χ0n) is 41.7. The van der Waals surface area contributed by atoms with Crippen LogP contribution in [0, 0.1) is 47.3 Å². The van der Waals surface area contributed by atoms with Gasteiger partial charge in [0.1, 0.15) is 37.5 Å². The van der Waals surface area contributed by atoms with Gasteiger partial charge in [-0.1, -0.05) is 142 Å². The maximum atomic E-state index is 15.0. The van der Waals surface area contributed by atoms with Gasteiger partial charge in [-0.15, -0.1) is 0 Å². The van der Waals surface area contributed by atoms with Crippen molar-refractivity contribution in [3.8, 4) is 0 Å². The van der Waals surface area contributed by atoms with E-state index in [1.54, 1.807) is 48.5 Å². The number of imide groups is 1. The van der Waals surface area contributed by atoms with Crippen LogP contribution in [0.3, 0.4) is 0 Å². The molecule has 0 radical (unpaired) electrons. The number of nitrogens with one attached hydrogen (secondary N) is 5. The second kappa shape index (κ2) is 25.0. The van der Waals surface area contributed by atoms with Gasteiger partial charge in [-0.2, -0.15) is 0 Å². The molecule has 77 heavy (non-hydrogen) atoms. The third kappa shape index (κ3) is 13.7. The lowest BCUT2D eigenvalue weighted by molar-refractivity contribution is -0.147. The van der Waals surface area contributed by atoms with E-state index in [9.17, 15) is 38.4 Å². The van der Waals surface area contributed by atoms with Crippen molar-refractivity contribution in [2.75, 3.05) is 40.4 Å². The molecule has 5 N–H and O–H groups in total. The monoisotopic (exact) mass is 1180 g/mol. The molecule has 0 spiro atoms. The Kier molecular flexibility index (Phi) is 18.9. The normalized spacial score (nSPS) is 25.1. The maximum absolute atomic E-state index is 15.0. The summed E-state index contributed by atoms with van der Waals surface area (Å²) in [5, 5.41) is 16.9. The molecule has 4 saturated carbocycles. The fourth-order valence-electron chi connectivity index (χ4n) is 12.0. The first kappa shape index (κ1) is 58.2. The van der Waals surface area contributed by atoms with E-state index in [0.29, 0.717) is 34.7 Å². The summed E-state index contributed by atoms with van der Waals surface area (Å²) in [4.78, 5) is 112. The lowest BCUT2D eigenvalue weighted by atomic mass is 9.75. The quantitative estimate of drug-likeness (QED) is 0.0261. The van der Waals surface area contributed by atoms with Crippen molar-refractivity contribution in [2.24, 2.45) is 47.3 Å². The first-order chi connectivity index (χ1) is 36.7. The number of halogens is 6. The minimum atomic E-state index is -1.84. The molecule has 412 valence electrons. The van der Waals surface area contributed by atoms with Gasteiger partial charge in [0, 0.05) is 24.9 Å². The molecule has 12 atom stereocenters. The first-order valence-corrected chi connectivity index (χ1v) is 27.5. The van der Waals surface area contributed by atoms with Crippen molar-refractivity contribution in [3.05, 3.63) is 96.1 Å². The van der Waals surface area contributed by atoms with Gasteiger partial charge in [0.15, 0.2) is 0 Å². The van der Waals surface area contributed by atoms with Crippen LogP contribution in [0.25, 0.3) is 21.5 Å². The highest BCUT2D eigenvalue weighted by atomic mass is 35.6. The molecule has 4 amide bonds. The number of rotatable bonds is 20. The second-order valence-corrected chi connectivity index (χ2v) is 25.0. The average molecular weight is 1180 g/mol. The van der Waals surface area contributed by atoms with Crippen molar-refractivity contribution < 1.29 is 57.3 Å². The van der Waals surface area contributed by atoms with E-state index >= 15 is 0 Å². The van der Waals surface area contributed by atoms with Crippen LogP contribution in [0.1, 0.15) is 59.2 Å². The van der Waals surface area contributed by atoms with Crippen LogP contribution in [0.2, 0.25) is 0 Å².